The number of amides is 1. The molecule has 3 heterocycles. The highest BCUT2D eigenvalue weighted by molar-refractivity contribution is 5.83. The van der Waals surface area contributed by atoms with Gasteiger partial charge in [-0.05, 0) is 43.1 Å². The number of fused-ring (bicyclic) bond motifs is 1. The second-order valence-corrected chi connectivity index (χ2v) is 8.19. The van der Waals surface area contributed by atoms with Crippen LogP contribution in [0.1, 0.15) is 24.0 Å². The van der Waals surface area contributed by atoms with Crippen LogP contribution in [0, 0.1) is 0 Å². The molecule has 3 aromatic rings. The minimum atomic E-state index is -0.377. The molecule has 1 amide bonds. The van der Waals surface area contributed by atoms with E-state index in [9.17, 15) is 4.79 Å². The molecule has 2 N–H and O–H groups in total. The molecule has 5 nitrogen and oxygen atoms in total. The Morgan fingerprint density at radius 3 is 2.62 bits per heavy atom. The molecule has 5 rings (SSSR count). The van der Waals surface area contributed by atoms with Crippen molar-refractivity contribution in [1.29, 1.82) is 0 Å². The number of benzene rings is 2. The minimum Gasteiger partial charge on any atom is -0.440 e. The van der Waals surface area contributed by atoms with Gasteiger partial charge < -0.3 is 19.9 Å². The number of nitrogens with zero attached hydrogens (tertiary/aromatic N) is 1. The maximum absolute atomic E-state index is 12.9. The van der Waals surface area contributed by atoms with Gasteiger partial charge in [-0.15, -0.1) is 0 Å². The lowest BCUT2D eigenvalue weighted by molar-refractivity contribution is 0.00744. The molecule has 5 heteroatoms. The molecule has 0 aliphatic carbocycles. The zero-order valence-corrected chi connectivity index (χ0v) is 16.6. The Labute approximate surface area is 171 Å². The third-order valence-electron chi connectivity index (χ3n) is 6.53. The first-order chi connectivity index (χ1) is 14.3. The largest absolute Gasteiger partial charge is 0.440 e. The summed E-state index contributed by atoms with van der Waals surface area (Å²) < 4.78 is 6.08. The molecular formula is C24H27N3O2. The first kappa shape index (κ1) is 18.3. The second kappa shape index (κ2) is 7.56. The first-order valence-corrected chi connectivity index (χ1v) is 10.5. The van der Waals surface area contributed by atoms with Crippen molar-refractivity contribution in [1.82, 2.24) is 15.2 Å². The van der Waals surface area contributed by atoms with Gasteiger partial charge in [0.1, 0.15) is 5.60 Å². The van der Waals surface area contributed by atoms with Crippen LogP contribution in [0.5, 0.6) is 0 Å². The molecule has 1 aromatic heterocycles. The van der Waals surface area contributed by atoms with Crippen LogP contribution in [-0.2, 0) is 17.6 Å². The number of H-pyrrole nitrogens is 1. The van der Waals surface area contributed by atoms with Crippen molar-refractivity contribution in [2.75, 3.05) is 19.6 Å². The summed E-state index contributed by atoms with van der Waals surface area (Å²) in [6, 6.07) is 18.9. The Kier molecular flexibility index (Phi) is 4.76. The fourth-order valence-corrected chi connectivity index (χ4v) is 4.96. The van der Waals surface area contributed by atoms with Gasteiger partial charge in [0.2, 0.25) is 0 Å². The summed E-state index contributed by atoms with van der Waals surface area (Å²) in [5.41, 5.74) is 3.27. The SMILES string of the molecule is O=C1OC2(CCNCC2)C(Cc2ccccc2)N1CCc1c[nH]c2ccccc12. The molecule has 2 aromatic carbocycles. The van der Waals surface area contributed by atoms with E-state index in [0.29, 0.717) is 6.54 Å². The third kappa shape index (κ3) is 3.40. The maximum Gasteiger partial charge on any atom is 0.410 e. The van der Waals surface area contributed by atoms with Crippen molar-refractivity contribution in [2.45, 2.75) is 37.3 Å². The van der Waals surface area contributed by atoms with Crippen LogP contribution in [-0.4, -0.2) is 47.3 Å². The van der Waals surface area contributed by atoms with Gasteiger partial charge in [-0.1, -0.05) is 48.5 Å². The molecule has 29 heavy (non-hydrogen) atoms. The van der Waals surface area contributed by atoms with Gasteiger partial charge in [0, 0.05) is 36.5 Å². The Hall–Kier alpha value is -2.79. The van der Waals surface area contributed by atoms with Crippen molar-refractivity contribution in [3.63, 3.8) is 0 Å². The van der Waals surface area contributed by atoms with E-state index in [-0.39, 0.29) is 17.7 Å². The number of aromatic amines is 1. The highest BCUT2D eigenvalue weighted by Gasteiger charge is 2.53. The fraction of sp³-hybridized carbons (Fsp3) is 0.375. The van der Waals surface area contributed by atoms with Gasteiger partial charge in [-0.2, -0.15) is 0 Å². The minimum absolute atomic E-state index is 0.0738. The average Bonchev–Trinajstić information content (AvgIpc) is 3.27. The van der Waals surface area contributed by atoms with Gasteiger partial charge in [-0.25, -0.2) is 4.79 Å². The third-order valence-corrected chi connectivity index (χ3v) is 6.53. The van der Waals surface area contributed by atoms with Crippen molar-refractivity contribution < 1.29 is 9.53 Å². The topological polar surface area (TPSA) is 57.4 Å². The fourth-order valence-electron chi connectivity index (χ4n) is 4.96. The van der Waals surface area contributed by atoms with Gasteiger partial charge >= 0.3 is 6.09 Å². The molecule has 0 saturated carbocycles. The number of piperidine rings is 1. The van der Waals surface area contributed by atoms with Gasteiger partial charge in [0.05, 0.1) is 6.04 Å². The lowest BCUT2D eigenvalue weighted by Gasteiger charge is -2.38. The summed E-state index contributed by atoms with van der Waals surface area (Å²) in [7, 11) is 0. The number of hydrogen-bond donors (Lipinski definition) is 2. The van der Waals surface area contributed by atoms with Crippen molar-refractivity contribution >= 4 is 17.0 Å². The molecule has 0 bridgehead atoms. The van der Waals surface area contributed by atoms with Crippen molar-refractivity contribution in [3.8, 4) is 0 Å². The van der Waals surface area contributed by atoms with E-state index in [1.807, 2.05) is 17.0 Å². The quantitative estimate of drug-likeness (QED) is 0.696. The normalized spacial score (nSPS) is 21.0. The smallest absolute Gasteiger partial charge is 0.410 e. The molecule has 1 atom stereocenters. The number of carbonyl (C=O) groups excluding carboxylic acids is 1. The Bertz CT molecular complexity index is 992. The van der Waals surface area contributed by atoms with Gasteiger partial charge in [-0.3, -0.25) is 0 Å². The summed E-state index contributed by atoms with van der Waals surface area (Å²) in [6.07, 6.45) is 5.31. The molecule has 2 saturated heterocycles. The second-order valence-electron chi connectivity index (χ2n) is 8.19. The zero-order chi connectivity index (χ0) is 19.7. The Morgan fingerprint density at radius 2 is 1.79 bits per heavy atom. The summed E-state index contributed by atoms with van der Waals surface area (Å²) >= 11 is 0. The zero-order valence-electron chi connectivity index (χ0n) is 16.6. The number of rotatable bonds is 5. The summed E-state index contributed by atoms with van der Waals surface area (Å²) in [6.45, 7) is 2.47. The van der Waals surface area contributed by atoms with E-state index in [1.165, 1.54) is 16.5 Å². The van der Waals surface area contributed by atoms with Crippen molar-refractivity contribution in [3.05, 3.63) is 71.9 Å². The number of hydrogen-bond acceptors (Lipinski definition) is 3. The summed E-state index contributed by atoms with van der Waals surface area (Å²) in [5.74, 6) is 0. The number of carbonyl (C=O) groups is 1. The standard InChI is InChI=1S/C24H27N3O2/c28-23-27(15-10-19-17-26-21-9-5-4-8-20(19)21)22(16-18-6-2-1-3-7-18)24(29-23)11-13-25-14-12-24/h1-9,17,22,25-26H,10-16H2. The maximum atomic E-state index is 12.9. The van der Waals surface area contributed by atoms with Crippen LogP contribution in [0.2, 0.25) is 0 Å². The predicted octanol–water partition coefficient (Wildman–Crippen LogP) is 3.90. The summed E-state index contributed by atoms with van der Waals surface area (Å²) in [4.78, 5) is 18.3. The van der Waals surface area contributed by atoms with Crippen LogP contribution < -0.4 is 5.32 Å². The van der Waals surface area contributed by atoms with Crippen molar-refractivity contribution in [2.24, 2.45) is 0 Å². The molecular weight excluding hydrogens is 362 g/mol. The Balaban J connectivity index is 1.40. The van der Waals surface area contributed by atoms with E-state index in [2.05, 4.69) is 59.0 Å². The molecule has 0 radical (unpaired) electrons. The molecule has 1 unspecified atom stereocenters. The molecule has 2 aliphatic heterocycles. The highest BCUT2D eigenvalue weighted by Crippen LogP contribution is 2.39. The van der Waals surface area contributed by atoms with Crippen LogP contribution in [0.4, 0.5) is 4.79 Å². The van der Waals surface area contributed by atoms with E-state index in [4.69, 9.17) is 4.74 Å². The molecule has 1 spiro atoms. The number of nitrogens with one attached hydrogen (secondary N) is 2. The monoisotopic (exact) mass is 389 g/mol. The van der Waals surface area contributed by atoms with Gasteiger partial charge in [0.15, 0.2) is 0 Å². The number of aromatic nitrogens is 1. The highest BCUT2D eigenvalue weighted by atomic mass is 16.6. The lowest BCUT2D eigenvalue weighted by Crippen LogP contribution is -2.52. The van der Waals surface area contributed by atoms with Crippen LogP contribution in [0.15, 0.2) is 60.8 Å². The number of ether oxygens (including phenoxy) is 1. The predicted molar refractivity (Wildman–Crippen MR) is 114 cm³/mol. The van der Waals surface area contributed by atoms with Gasteiger partial charge in [0.25, 0.3) is 0 Å². The van der Waals surface area contributed by atoms with E-state index < -0.39 is 0 Å². The van der Waals surface area contributed by atoms with E-state index in [1.54, 1.807) is 0 Å². The number of para-hydroxylation sites is 1. The molecule has 150 valence electrons. The van der Waals surface area contributed by atoms with Crippen LogP contribution >= 0.6 is 0 Å². The molecule has 2 fully saturated rings. The Morgan fingerprint density at radius 1 is 1.03 bits per heavy atom. The molecule has 2 aliphatic rings. The van der Waals surface area contributed by atoms with Crippen LogP contribution in [0.25, 0.3) is 10.9 Å². The van der Waals surface area contributed by atoms with E-state index >= 15 is 0 Å². The summed E-state index contributed by atoms with van der Waals surface area (Å²) in [5, 5.41) is 4.64. The first-order valence-electron chi connectivity index (χ1n) is 10.5. The lowest BCUT2D eigenvalue weighted by atomic mass is 9.81. The van der Waals surface area contributed by atoms with Crippen LogP contribution in [0.3, 0.4) is 0 Å². The average molecular weight is 389 g/mol. The van der Waals surface area contributed by atoms with E-state index in [0.717, 1.165) is 44.3 Å².